The summed E-state index contributed by atoms with van der Waals surface area (Å²) in [6.45, 7) is 6.12. The minimum absolute atomic E-state index is 0.0551. The van der Waals surface area contributed by atoms with Crippen molar-refractivity contribution in [1.82, 2.24) is 14.2 Å². The van der Waals surface area contributed by atoms with E-state index in [2.05, 4.69) is 4.98 Å². The number of rotatable bonds is 8. The van der Waals surface area contributed by atoms with E-state index in [4.69, 9.17) is 4.42 Å². The second kappa shape index (κ2) is 8.55. The number of furan rings is 1. The quantitative estimate of drug-likeness (QED) is 0.557. The lowest BCUT2D eigenvalue weighted by atomic mass is 10.1. The number of amides is 1. The van der Waals surface area contributed by atoms with Crippen LogP contribution in [0, 0.1) is 0 Å². The van der Waals surface area contributed by atoms with Crippen LogP contribution in [-0.2, 0) is 10.0 Å². The molecule has 1 unspecified atom stereocenters. The van der Waals surface area contributed by atoms with E-state index in [-0.39, 0.29) is 28.4 Å². The van der Waals surface area contributed by atoms with E-state index in [0.29, 0.717) is 29.8 Å². The second-order valence-corrected chi connectivity index (χ2v) is 9.92. The van der Waals surface area contributed by atoms with Gasteiger partial charge in [-0.15, -0.1) is 0 Å². The molecule has 2 aromatic heterocycles. The molecule has 1 aromatic carbocycles. The maximum Gasteiger partial charge on any atom is 0.255 e. The first-order chi connectivity index (χ1) is 15.3. The Morgan fingerprint density at radius 3 is 2.50 bits per heavy atom. The number of fused-ring (bicyclic) bond motifs is 1. The van der Waals surface area contributed by atoms with Gasteiger partial charge in [-0.25, -0.2) is 8.42 Å². The lowest BCUT2D eigenvalue weighted by Crippen LogP contribution is -2.36. The topological polar surface area (TPSA) is 104 Å². The zero-order valence-electron chi connectivity index (χ0n) is 18.4. The summed E-state index contributed by atoms with van der Waals surface area (Å²) in [5.74, 6) is 0.342. The van der Waals surface area contributed by atoms with Crippen LogP contribution in [0.25, 0.3) is 10.9 Å². The van der Waals surface area contributed by atoms with Crippen molar-refractivity contribution in [1.29, 1.82) is 0 Å². The van der Waals surface area contributed by atoms with Gasteiger partial charge in [0.25, 0.3) is 5.91 Å². The van der Waals surface area contributed by atoms with Crippen LogP contribution in [-0.4, -0.2) is 47.6 Å². The second-order valence-electron chi connectivity index (χ2n) is 7.98. The van der Waals surface area contributed by atoms with Gasteiger partial charge in [-0.1, -0.05) is 13.8 Å². The highest BCUT2D eigenvalue weighted by Crippen LogP contribution is 2.36. The van der Waals surface area contributed by atoms with Gasteiger partial charge in [-0.3, -0.25) is 9.59 Å². The number of aromatic nitrogens is 1. The van der Waals surface area contributed by atoms with Crippen molar-refractivity contribution >= 4 is 26.8 Å². The van der Waals surface area contributed by atoms with Crippen LogP contribution in [0.15, 0.2) is 56.8 Å². The molecule has 0 aliphatic heterocycles. The molecule has 9 heteroatoms. The Bertz CT molecular complexity index is 1290. The van der Waals surface area contributed by atoms with Gasteiger partial charge < -0.3 is 14.3 Å². The van der Waals surface area contributed by atoms with Gasteiger partial charge in [0.15, 0.2) is 0 Å². The molecule has 0 saturated heterocycles. The molecular formula is C23H27N3O5S. The fraction of sp³-hybridized carbons (Fsp3) is 0.391. The lowest BCUT2D eigenvalue weighted by molar-refractivity contribution is 0.0654. The Hall–Kier alpha value is -2.91. The smallest absolute Gasteiger partial charge is 0.255 e. The first-order valence-electron chi connectivity index (χ1n) is 10.8. The number of aromatic amines is 1. The molecule has 170 valence electrons. The highest BCUT2D eigenvalue weighted by atomic mass is 32.2. The molecule has 1 saturated carbocycles. The lowest BCUT2D eigenvalue weighted by Gasteiger charge is -2.28. The predicted molar refractivity (Wildman–Crippen MR) is 121 cm³/mol. The third-order valence-electron chi connectivity index (χ3n) is 5.94. The van der Waals surface area contributed by atoms with Crippen LogP contribution in [0.5, 0.6) is 0 Å². The number of hydrogen-bond acceptors (Lipinski definition) is 5. The fourth-order valence-electron chi connectivity index (χ4n) is 4.10. The maximum atomic E-state index is 13.7. The molecule has 1 fully saturated rings. The molecule has 1 amide bonds. The van der Waals surface area contributed by atoms with Crippen molar-refractivity contribution in [2.24, 2.45) is 0 Å². The van der Waals surface area contributed by atoms with E-state index in [9.17, 15) is 18.0 Å². The Kier molecular flexibility index (Phi) is 5.96. The summed E-state index contributed by atoms with van der Waals surface area (Å²) in [5, 5.41) is 0.403. The van der Waals surface area contributed by atoms with Gasteiger partial charge in [-0.2, -0.15) is 4.31 Å². The average Bonchev–Trinajstić information content (AvgIpc) is 3.44. The Morgan fingerprint density at radius 2 is 1.91 bits per heavy atom. The molecule has 2 heterocycles. The summed E-state index contributed by atoms with van der Waals surface area (Å²) in [6.07, 6.45) is 3.31. The highest BCUT2D eigenvalue weighted by Gasteiger charge is 2.38. The number of pyridine rings is 1. The largest absolute Gasteiger partial charge is 0.467 e. The number of carbonyl (C=O) groups is 1. The van der Waals surface area contributed by atoms with E-state index in [0.717, 1.165) is 12.8 Å². The number of hydrogen-bond donors (Lipinski definition) is 1. The summed E-state index contributed by atoms with van der Waals surface area (Å²) in [6, 6.07) is 9.07. The minimum atomic E-state index is -3.72. The fourth-order valence-corrected chi connectivity index (χ4v) is 5.58. The molecule has 3 aromatic rings. The number of nitrogens with one attached hydrogen (secondary N) is 1. The maximum absolute atomic E-state index is 13.7. The van der Waals surface area contributed by atoms with Crippen LogP contribution in [0.2, 0.25) is 0 Å². The molecule has 1 atom stereocenters. The van der Waals surface area contributed by atoms with E-state index in [1.807, 2.05) is 13.0 Å². The van der Waals surface area contributed by atoms with E-state index >= 15 is 0 Å². The summed E-state index contributed by atoms with van der Waals surface area (Å²) >= 11 is 0. The van der Waals surface area contributed by atoms with Gasteiger partial charge in [0, 0.05) is 36.1 Å². The first kappa shape index (κ1) is 22.3. The highest BCUT2D eigenvalue weighted by molar-refractivity contribution is 7.89. The van der Waals surface area contributed by atoms with Crippen LogP contribution in [0.1, 0.15) is 55.8 Å². The molecule has 8 nitrogen and oxygen atoms in total. The molecule has 4 rings (SSSR count). The SMILES string of the molecule is CCN(CC)S(=O)(=O)c1ccc2[nH]c(=O)cc(C(=O)N(C3CC3)C(C)c3ccco3)c2c1. The van der Waals surface area contributed by atoms with Crippen molar-refractivity contribution in [3.8, 4) is 0 Å². The Morgan fingerprint density at radius 1 is 1.19 bits per heavy atom. The minimum Gasteiger partial charge on any atom is -0.467 e. The normalized spacial score (nSPS) is 15.2. The summed E-state index contributed by atoms with van der Waals surface area (Å²) < 4.78 is 33.0. The van der Waals surface area contributed by atoms with Crippen LogP contribution in [0.4, 0.5) is 0 Å². The summed E-state index contributed by atoms with van der Waals surface area (Å²) in [7, 11) is -3.72. The number of benzene rings is 1. The third kappa shape index (κ3) is 3.98. The average molecular weight is 458 g/mol. The molecule has 1 aliphatic carbocycles. The number of H-pyrrole nitrogens is 1. The molecular weight excluding hydrogens is 430 g/mol. The van der Waals surface area contributed by atoms with Crippen LogP contribution < -0.4 is 5.56 Å². The van der Waals surface area contributed by atoms with E-state index < -0.39 is 15.6 Å². The molecule has 0 bridgehead atoms. The third-order valence-corrected chi connectivity index (χ3v) is 7.98. The number of nitrogens with zero attached hydrogens (tertiary/aromatic N) is 2. The molecule has 0 radical (unpaired) electrons. The van der Waals surface area contributed by atoms with Crippen molar-refractivity contribution in [3.63, 3.8) is 0 Å². The van der Waals surface area contributed by atoms with Gasteiger partial charge in [0.1, 0.15) is 5.76 Å². The van der Waals surface area contributed by atoms with Crippen molar-refractivity contribution in [3.05, 3.63) is 64.3 Å². The molecule has 1 N–H and O–H groups in total. The zero-order chi connectivity index (χ0) is 23.0. The van der Waals surface area contributed by atoms with Gasteiger partial charge in [0.05, 0.1) is 22.8 Å². The molecule has 1 aliphatic rings. The summed E-state index contributed by atoms with van der Waals surface area (Å²) in [5.41, 5.74) is 0.188. The predicted octanol–water partition coefficient (Wildman–Crippen LogP) is 3.52. The van der Waals surface area contributed by atoms with Crippen molar-refractivity contribution < 1.29 is 17.6 Å². The number of carbonyl (C=O) groups excluding carboxylic acids is 1. The monoisotopic (exact) mass is 457 g/mol. The standard InChI is InChI=1S/C23H27N3O5S/c1-4-25(5-2)32(29,30)17-10-11-20-18(13-17)19(14-22(27)24-20)23(28)26(16-8-9-16)15(3)21-7-6-12-31-21/h6-7,10-16H,4-5,8-9H2,1-3H3,(H,24,27). The Labute approximate surface area is 186 Å². The van der Waals surface area contributed by atoms with Gasteiger partial charge in [-0.05, 0) is 50.1 Å². The van der Waals surface area contributed by atoms with E-state index in [1.54, 1.807) is 37.1 Å². The van der Waals surface area contributed by atoms with Crippen LogP contribution in [0.3, 0.4) is 0 Å². The van der Waals surface area contributed by atoms with Crippen molar-refractivity contribution in [2.75, 3.05) is 13.1 Å². The van der Waals surface area contributed by atoms with Crippen molar-refractivity contribution in [2.45, 2.75) is 50.6 Å². The van der Waals surface area contributed by atoms with Gasteiger partial charge in [0.2, 0.25) is 15.6 Å². The summed E-state index contributed by atoms with van der Waals surface area (Å²) in [4.78, 5) is 30.6. The number of sulfonamides is 1. The zero-order valence-corrected chi connectivity index (χ0v) is 19.2. The Balaban J connectivity index is 1.84. The molecule has 32 heavy (non-hydrogen) atoms. The first-order valence-corrected chi connectivity index (χ1v) is 12.2. The molecule has 0 spiro atoms. The van der Waals surface area contributed by atoms with Crippen LogP contribution >= 0.6 is 0 Å². The van der Waals surface area contributed by atoms with E-state index in [1.165, 1.54) is 22.5 Å². The van der Waals surface area contributed by atoms with Gasteiger partial charge >= 0.3 is 0 Å².